The summed E-state index contributed by atoms with van der Waals surface area (Å²) >= 11 is 0. The summed E-state index contributed by atoms with van der Waals surface area (Å²) in [7, 11) is 2.57. The van der Waals surface area contributed by atoms with Gasteiger partial charge in [-0.2, -0.15) is 0 Å². The van der Waals surface area contributed by atoms with E-state index in [4.69, 9.17) is 9.47 Å². The van der Waals surface area contributed by atoms with Crippen molar-refractivity contribution in [2.75, 3.05) is 14.2 Å². The summed E-state index contributed by atoms with van der Waals surface area (Å²) in [5.74, 6) is 1.48. The summed E-state index contributed by atoms with van der Waals surface area (Å²) < 4.78 is 10.1. The minimum atomic E-state index is -0.694. The van der Waals surface area contributed by atoms with Crippen molar-refractivity contribution in [2.45, 2.75) is 39.2 Å². The van der Waals surface area contributed by atoms with Gasteiger partial charge in [-0.15, -0.1) is 0 Å². The number of methoxy groups -OCH3 is 2. The van der Waals surface area contributed by atoms with Gasteiger partial charge in [0.25, 0.3) is 0 Å². The van der Waals surface area contributed by atoms with Crippen molar-refractivity contribution in [2.24, 2.45) is 4.99 Å². The Morgan fingerprint density at radius 1 is 0.839 bits per heavy atom. The first-order valence-electron chi connectivity index (χ1n) is 10.2. The molecule has 5 nitrogen and oxygen atoms in total. The van der Waals surface area contributed by atoms with Crippen LogP contribution in [0.15, 0.2) is 64.7 Å². The number of carbonyl (C=O) groups is 2. The Bertz CT molecular complexity index is 1060. The average Bonchev–Trinajstić information content (AvgIpc) is 2.92. The number of benzene rings is 2. The molecule has 0 fully saturated rings. The van der Waals surface area contributed by atoms with Crippen molar-refractivity contribution in [3.05, 3.63) is 81.9 Å². The summed E-state index contributed by atoms with van der Waals surface area (Å²) in [6.07, 6.45) is 1.64. The second-order valence-corrected chi connectivity index (χ2v) is 8.32. The van der Waals surface area contributed by atoms with Crippen LogP contribution in [-0.2, 0) is 31.9 Å². The van der Waals surface area contributed by atoms with Crippen LogP contribution in [0.2, 0.25) is 0 Å². The Morgan fingerprint density at radius 3 is 1.77 bits per heavy atom. The first kappa shape index (κ1) is 22.3. The summed E-state index contributed by atoms with van der Waals surface area (Å²) in [6, 6.07) is 15.8. The van der Waals surface area contributed by atoms with Crippen molar-refractivity contribution in [3.63, 3.8) is 0 Å². The lowest BCUT2D eigenvalue weighted by Gasteiger charge is -2.17. The maximum Gasteiger partial charge on any atom is 0.348 e. The van der Waals surface area contributed by atoms with Gasteiger partial charge in [0.2, 0.25) is 0 Å². The van der Waals surface area contributed by atoms with E-state index in [-0.39, 0.29) is 11.1 Å². The quantitative estimate of drug-likeness (QED) is 0.424. The number of esters is 2. The predicted molar refractivity (Wildman–Crippen MR) is 121 cm³/mol. The first-order chi connectivity index (χ1) is 14.8. The van der Waals surface area contributed by atoms with Crippen LogP contribution in [0.5, 0.6) is 0 Å². The minimum Gasteiger partial charge on any atom is -0.465 e. The molecule has 1 aliphatic carbocycles. The van der Waals surface area contributed by atoms with E-state index in [9.17, 15) is 9.59 Å². The molecule has 0 saturated carbocycles. The lowest BCUT2D eigenvalue weighted by atomic mass is 9.87. The van der Waals surface area contributed by atoms with Crippen LogP contribution < -0.4 is 0 Å². The third-order valence-corrected chi connectivity index (χ3v) is 5.02. The fraction of sp³-hybridized carbons (Fsp3) is 0.308. The molecule has 0 N–H and O–H groups in total. The monoisotopic (exact) mass is 417 g/mol. The largest absolute Gasteiger partial charge is 0.465 e. The Hall–Kier alpha value is -3.43. The lowest BCUT2D eigenvalue weighted by Crippen LogP contribution is -2.19. The van der Waals surface area contributed by atoms with Crippen molar-refractivity contribution >= 4 is 23.4 Å². The van der Waals surface area contributed by atoms with Gasteiger partial charge in [-0.1, -0.05) is 48.5 Å². The number of aryl methyl sites for hydroxylation is 2. The number of hydrogen-bond donors (Lipinski definition) is 0. The summed E-state index contributed by atoms with van der Waals surface area (Å²) in [5, 5.41) is 0. The molecule has 0 radical (unpaired) electrons. The third-order valence-electron chi connectivity index (χ3n) is 5.02. The molecule has 0 unspecified atom stereocenters. The number of fused-ring (bicyclic) bond motifs is 2. The lowest BCUT2D eigenvalue weighted by molar-refractivity contribution is -0.139. The summed E-state index contributed by atoms with van der Waals surface area (Å²) in [4.78, 5) is 30.3. The number of hydrogen-bond acceptors (Lipinski definition) is 5. The molecule has 1 aliphatic rings. The third kappa shape index (κ3) is 4.84. The fourth-order valence-corrected chi connectivity index (χ4v) is 3.61. The molecule has 31 heavy (non-hydrogen) atoms. The van der Waals surface area contributed by atoms with Crippen LogP contribution in [0.4, 0.5) is 0 Å². The molecule has 0 amide bonds. The topological polar surface area (TPSA) is 65.0 Å². The molecule has 0 aromatic heterocycles. The van der Waals surface area contributed by atoms with Gasteiger partial charge in [-0.3, -0.25) is 0 Å². The smallest absolute Gasteiger partial charge is 0.348 e. The number of ether oxygens (including phenoxy) is 2. The Labute approximate surface area is 183 Å². The Balaban J connectivity index is 2.51. The Kier molecular flexibility index (Phi) is 6.57. The zero-order valence-corrected chi connectivity index (χ0v) is 18.6. The van der Waals surface area contributed by atoms with Gasteiger partial charge in [0.1, 0.15) is 5.57 Å². The second-order valence-electron chi connectivity index (χ2n) is 8.32. The first-order valence-corrected chi connectivity index (χ1v) is 10.2. The highest BCUT2D eigenvalue weighted by atomic mass is 16.5. The maximum atomic E-state index is 13.1. The molecular formula is C26H27NO4. The summed E-state index contributed by atoms with van der Waals surface area (Å²) in [5.41, 5.74) is 4.13. The molecule has 5 heteroatoms. The molecule has 0 atom stereocenters. The number of carbonyl (C=O) groups excluding carboxylic acids is 2. The van der Waals surface area contributed by atoms with Crippen LogP contribution in [0, 0.1) is 0 Å². The SMILES string of the molecule is COC(=O)C(=C=NC(C)(C)C)C(C(=O)OC)=C1c2ccccc2CCc2ccccc21. The van der Waals surface area contributed by atoms with Crippen molar-refractivity contribution in [1.29, 1.82) is 0 Å². The molecule has 3 rings (SSSR count). The normalized spacial score (nSPS) is 12.5. The minimum absolute atomic E-state index is 0.0502. The van der Waals surface area contributed by atoms with Gasteiger partial charge in [-0.25, -0.2) is 14.6 Å². The summed E-state index contributed by atoms with van der Waals surface area (Å²) in [6.45, 7) is 5.66. The number of nitrogens with zero attached hydrogens (tertiary/aromatic N) is 1. The van der Waals surface area contributed by atoms with Crippen molar-refractivity contribution in [3.8, 4) is 0 Å². The van der Waals surface area contributed by atoms with Gasteiger partial charge < -0.3 is 9.47 Å². The van der Waals surface area contributed by atoms with Crippen LogP contribution in [0.1, 0.15) is 43.0 Å². The van der Waals surface area contributed by atoms with Gasteiger partial charge in [0, 0.05) is 5.57 Å². The van der Waals surface area contributed by atoms with E-state index in [1.165, 1.54) is 14.2 Å². The number of rotatable bonds is 3. The Morgan fingerprint density at radius 2 is 1.32 bits per heavy atom. The number of aliphatic imine (C=N–C) groups is 1. The zero-order chi connectivity index (χ0) is 22.6. The van der Waals surface area contributed by atoms with E-state index in [1.54, 1.807) is 0 Å². The van der Waals surface area contributed by atoms with Gasteiger partial charge >= 0.3 is 11.9 Å². The van der Waals surface area contributed by atoms with Crippen molar-refractivity contribution in [1.82, 2.24) is 0 Å². The maximum absolute atomic E-state index is 13.1. The van der Waals surface area contributed by atoms with Gasteiger partial charge in [0.05, 0.1) is 25.3 Å². The molecular weight excluding hydrogens is 390 g/mol. The molecule has 2 aromatic rings. The molecule has 2 aromatic carbocycles. The highest BCUT2D eigenvalue weighted by Gasteiger charge is 2.31. The van der Waals surface area contributed by atoms with Crippen LogP contribution in [0.25, 0.3) is 5.57 Å². The van der Waals surface area contributed by atoms with E-state index in [0.717, 1.165) is 35.1 Å². The molecule has 0 bridgehead atoms. The van der Waals surface area contributed by atoms with E-state index in [2.05, 4.69) is 10.9 Å². The molecule has 0 aliphatic heterocycles. The highest BCUT2D eigenvalue weighted by Crippen LogP contribution is 2.38. The highest BCUT2D eigenvalue weighted by molar-refractivity contribution is 6.18. The van der Waals surface area contributed by atoms with Crippen LogP contribution in [-0.4, -0.2) is 37.6 Å². The van der Waals surface area contributed by atoms with E-state index >= 15 is 0 Å². The van der Waals surface area contributed by atoms with Gasteiger partial charge in [0.15, 0.2) is 0 Å². The molecule has 0 heterocycles. The fourth-order valence-electron chi connectivity index (χ4n) is 3.61. The van der Waals surface area contributed by atoms with Crippen LogP contribution in [0.3, 0.4) is 0 Å². The molecule has 0 saturated heterocycles. The van der Waals surface area contributed by atoms with Crippen LogP contribution >= 0.6 is 0 Å². The van der Waals surface area contributed by atoms with Crippen molar-refractivity contribution < 1.29 is 19.1 Å². The van der Waals surface area contributed by atoms with Gasteiger partial charge in [-0.05, 0) is 61.7 Å². The average molecular weight is 418 g/mol. The van der Waals surface area contributed by atoms with E-state index in [1.807, 2.05) is 69.3 Å². The zero-order valence-electron chi connectivity index (χ0n) is 18.6. The predicted octanol–water partition coefficient (Wildman–Crippen LogP) is 4.33. The molecule has 0 spiro atoms. The van der Waals surface area contributed by atoms with E-state index in [0.29, 0.717) is 5.57 Å². The van der Waals surface area contributed by atoms with E-state index < -0.39 is 17.5 Å². The standard InChI is InChI=1S/C26H27NO4/c1-26(2,3)27-16-21(24(28)30-4)23(25(29)31-5)22-19-12-8-6-10-17(19)14-15-18-11-7-9-13-20(18)22/h6-13H,14-15H2,1-5H3. The molecule has 160 valence electrons. The second kappa shape index (κ2) is 9.15.